The van der Waals surface area contributed by atoms with Crippen LogP contribution in [0.1, 0.15) is 39.5 Å². The number of hydrogen-bond acceptors (Lipinski definition) is 3. The van der Waals surface area contributed by atoms with Crippen LogP contribution in [0.2, 0.25) is 0 Å². The zero-order chi connectivity index (χ0) is 11.3. The molecule has 88 valence electrons. The van der Waals surface area contributed by atoms with Crippen molar-refractivity contribution >= 4 is 10.0 Å². The Hall–Kier alpha value is -0.130. The van der Waals surface area contributed by atoms with Crippen molar-refractivity contribution in [1.82, 2.24) is 4.31 Å². The van der Waals surface area contributed by atoms with E-state index in [1.54, 1.807) is 0 Å². The van der Waals surface area contributed by atoms with E-state index >= 15 is 0 Å². The summed E-state index contributed by atoms with van der Waals surface area (Å²) in [4.78, 5) is 0. The minimum Gasteiger partial charge on any atom is -0.392 e. The van der Waals surface area contributed by atoms with Gasteiger partial charge in [-0.25, -0.2) is 8.42 Å². The maximum Gasteiger partial charge on any atom is 0.217 e. The molecule has 1 unspecified atom stereocenters. The van der Waals surface area contributed by atoms with Crippen molar-refractivity contribution in [1.29, 1.82) is 0 Å². The molecule has 2 rings (SSSR count). The van der Waals surface area contributed by atoms with E-state index in [9.17, 15) is 13.5 Å². The Morgan fingerprint density at radius 3 is 2.27 bits per heavy atom. The number of aliphatic hydroxyl groups excluding tert-OH is 1. The van der Waals surface area contributed by atoms with Gasteiger partial charge in [-0.05, 0) is 33.1 Å². The fourth-order valence-electron chi connectivity index (χ4n) is 2.48. The normalized spacial score (nSPS) is 32.9. The zero-order valence-electron chi connectivity index (χ0n) is 9.31. The first kappa shape index (κ1) is 11.4. The Bertz CT molecular complexity index is 346. The maximum absolute atomic E-state index is 12.2. The number of rotatable bonds is 2. The zero-order valence-corrected chi connectivity index (χ0v) is 10.1. The van der Waals surface area contributed by atoms with Gasteiger partial charge in [0, 0.05) is 12.1 Å². The number of β-amino-alcohol motifs (C(OH)–C–C–N with tert-alkyl or cyclic N) is 1. The Kier molecular flexibility index (Phi) is 2.60. The molecule has 1 N–H and O–H groups in total. The quantitative estimate of drug-likeness (QED) is 0.764. The Morgan fingerprint density at radius 2 is 1.93 bits per heavy atom. The summed E-state index contributed by atoms with van der Waals surface area (Å²) in [5, 5.41) is 9.37. The summed E-state index contributed by atoms with van der Waals surface area (Å²) in [6.45, 7) is 4.05. The molecular formula is C10H19NO3S. The molecule has 0 amide bonds. The summed E-state index contributed by atoms with van der Waals surface area (Å²) in [5.41, 5.74) is -0.423. The van der Waals surface area contributed by atoms with E-state index in [1.165, 1.54) is 4.31 Å². The smallest absolute Gasteiger partial charge is 0.217 e. The largest absolute Gasteiger partial charge is 0.392 e. The van der Waals surface area contributed by atoms with E-state index in [0.29, 0.717) is 6.42 Å². The average Bonchev–Trinajstić information content (AvgIpc) is 2.19. The van der Waals surface area contributed by atoms with Crippen molar-refractivity contribution in [3.63, 3.8) is 0 Å². The van der Waals surface area contributed by atoms with Gasteiger partial charge in [-0.1, -0.05) is 6.42 Å². The molecule has 0 aromatic rings. The second-order valence-corrected chi connectivity index (χ2v) is 7.44. The summed E-state index contributed by atoms with van der Waals surface area (Å²) in [6, 6.07) is 0. The summed E-state index contributed by atoms with van der Waals surface area (Å²) < 4.78 is 25.9. The van der Waals surface area contributed by atoms with Crippen molar-refractivity contribution in [3.05, 3.63) is 0 Å². The molecule has 5 heteroatoms. The summed E-state index contributed by atoms with van der Waals surface area (Å²) in [7, 11) is -3.17. The Labute approximate surface area is 91.3 Å². The molecule has 2 aliphatic rings. The molecule has 1 saturated heterocycles. The van der Waals surface area contributed by atoms with Crippen molar-refractivity contribution in [2.75, 3.05) is 6.54 Å². The lowest BCUT2D eigenvalue weighted by Gasteiger charge is -2.36. The molecule has 0 bridgehead atoms. The standard InChI is InChI=1S/C10H19NO3S/c1-10(2)6-8(12)7-11(10)15(13,14)9-4-3-5-9/h8-9,12H,3-7H2,1-2H3. The van der Waals surface area contributed by atoms with Crippen LogP contribution in [0.15, 0.2) is 0 Å². The first-order chi connectivity index (χ1) is 6.84. The lowest BCUT2D eigenvalue weighted by molar-refractivity contribution is 0.187. The number of nitrogens with zero attached hydrogens (tertiary/aromatic N) is 1. The van der Waals surface area contributed by atoms with Gasteiger partial charge >= 0.3 is 0 Å². The molecule has 1 aliphatic carbocycles. The van der Waals surface area contributed by atoms with Crippen LogP contribution in [0, 0.1) is 0 Å². The molecule has 0 aromatic carbocycles. The fourth-order valence-corrected chi connectivity index (χ4v) is 4.91. The molecule has 0 radical (unpaired) electrons. The van der Waals surface area contributed by atoms with Crippen LogP contribution in [-0.2, 0) is 10.0 Å². The molecule has 0 spiro atoms. The highest BCUT2D eigenvalue weighted by Gasteiger charge is 2.48. The van der Waals surface area contributed by atoms with Gasteiger partial charge in [0.15, 0.2) is 0 Å². The minimum atomic E-state index is -3.17. The molecular weight excluding hydrogens is 214 g/mol. The average molecular weight is 233 g/mol. The lowest BCUT2D eigenvalue weighted by atomic mass is 10.00. The van der Waals surface area contributed by atoms with E-state index < -0.39 is 21.7 Å². The van der Waals surface area contributed by atoms with E-state index in [1.807, 2.05) is 13.8 Å². The van der Waals surface area contributed by atoms with Crippen LogP contribution in [-0.4, -0.2) is 41.3 Å². The van der Waals surface area contributed by atoms with Crippen molar-refractivity contribution < 1.29 is 13.5 Å². The van der Waals surface area contributed by atoms with Crippen LogP contribution >= 0.6 is 0 Å². The highest BCUT2D eigenvalue weighted by Crippen LogP contribution is 2.37. The molecule has 0 aromatic heterocycles. The third kappa shape index (κ3) is 1.81. The van der Waals surface area contributed by atoms with E-state index in [2.05, 4.69) is 0 Å². The molecule has 4 nitrogen and oxygen atoms in total. The van der Waals surface area contributed by atoms with Gasteiger partial charge < -0.3 is 5.11 Å². The van der Waals surface area contributed by atoms with E-state index in [4.69, 9.17) is 0 Å². The summed E-state index contributed by atoms with van der Waals surface area (Å²) in [6.07, 6.45) is 2.62. The molecule has 1 atom stereocenters. The molecule has 15 heavy (non-hydrogen) atoms. The monoisotopic (exact) mass is 233 g/mol. The second kappa shape index (κ2) is 3.43. The van der Waals surface area contributed by atoms with Crippen LogP contribution in [0.3, 0.4) is 0 Å². The topological polar surface area (TPSA) is 57.6 Å². The maximum atomic E-state index is 12.2. The fraction of sp³-hybridized carbons (Fsp3) is 1.00. The Morgan fingerprint density at radius 1 is 1.33 bits per heavy atom. The molecule has 1 saturated carbocycles. The number of hydrogen-bond donors (Lipinski definition) is 1. The van der Waals surface area contributed by atoms with Gasteiger partial charge in [0.25, 0.3) is 0 Å². The predicted molar refractivity (Wildman–Crippen MR) is 58.0 cm³/mol. The number of aliphatic hydroxyl groups is 1. The predicted octanol–water partition coefficient (Wildman–Crippen LogP) is 0.714. The van der Waals surface area contributed by atoms with Gasteiger partial charge in [-0.15, -0.1) is 0 Å². The first-order valence-electron chi connectivity index (χ1n) is 5.54. The van der Waals surface area contributed by atoms with Crippen LogP contribution in [0.5, 0.6) is 0 Å². The van der Waals surface area contributed by atoms with Crippen LogP contribution in [0.4, 0.5) is 0 Å². The molecule has 1 aliphatic heterocycles. The highest BCUT2D eigenvalue weighted by atomic mass is 32.2. The third-order valence-corrected chi connectivity index (χ3v) is 6.14. The van der Waals surface area contributed by atoms with E-state index in [0.717, 1.165) is 19.3 Å². The summed E-state index contributed by atoms with van der Waals surface area (Å²) >= 11 is 0. The van der Waals surface area contributed by atoms with Gasteiger partial charge in [0.1, 0.15) is 0 Å². The molecule has 1 heterocycles. The first-order valence-corrected chi connectivity index (χ1v) is 7.04. The van der Waals surface area contributed by atoms with Crippen molar-refractivity contribution in [2.24, 2.45) is 0 Å². The SMILES string of the molecule is CC1(C)CC(O)CN1S(=O)(=O)C1CCC1. The Balaban J connectivity index is 2.23. The highest BCUT2D eigenvalue weighted by molar-refractivity contribution is 7.89. The lowest BCUT2D eigenvalue weighted by Crippen LogP contribution is -2.48. The van der Waals surface area contributed by atoms with Crippen molar-refractivity contribution in [3.8, 4) is 0 Å². The molecule has 2 fully saturated rings. The van der Waals surface area contributed by atoms with Crippen LogP contribution < -0.4 is 0 Å². The van der Waals surface area contributed by atoms with Crippen LogP contribution in [0.25, 0.3) is 0 Å². The second-order valence-electron chi connectivity index (χ2n) is 5.30. The summed E-state index contributed by atoms with van der Waals surface area (Å²) in [5.74, 6) is 0. The third-order valence-electron chi connectivity index (χ3n) is 3.57. The number of sulfonamides is 1. The van der Waals surface area contributed by atoms with Gasteiger partial charge in [-0.2, -0.15) is 4.31 Å². The van der Waals surface area contributed by atoms with Gasteiger partial charge in [-0.3, -0.25) is 0 Å². The van der Waals surface area contributed by atoms with Crippen molar-refractivity contribution in [2.45, 2.75) is 56.4 Å². The van der Waals surface area contributed by atoms with E-state index in [-0.39, 0.29) is 11.8 Å². The van der Waals surface area contributed by atoms with Gasteiger partial charge in [0.2, 0.25) is 10.0 Å². The van der Waals surface area contributed by atoms with Gasteiger partial charge in [0.05, 0.1) is 11.4 Å². The minimum absolute atomic E-state index is 0.193.